The van der Waals surface area contributed by atoms with E-state index in [4.69, 9.17) is 4.74 Å². The Morgan fingerprint density at radius 3 is 1.79 bits per heavy atom. The van der Waals surface area contributed by atoms with E-state index in [1.165, 1.54) is 88.7 Å². The summed E-state index contributed by atoms with van der Waals surface area (Å²) in [5.41, 5.74) is 15.3. The number of fused-ring (bicyclic) bond motifs is 8. The van der Waals surface area contributed by atoms with E-state index in [0.29, 0.717) is 5.41 Å². The topological polar surface area (TPSA) is 12.5 Å². The molecule has 2 nitrogen and oxygen atoms in total. The summed E-state index contributed by atoms with van der Waals surface area (Å²) in [5.74, 6) is 5.59. The van der Waals surface area contributed by atoms with E-state index in [0.717, 1.165) is 46.5 Å². The quantitative estimate of drug-likeness (QED) is 0.175. The van der Waals surface area contributed by atoms with Crippen LogP contribution < -0.4 is 9.64 Å². The molecule has 6 atom stereocenters. The van der Waals surface area contributed by atoms with Gasteiger partial charge in [-0.25, -0.2) is 0 Å². The van der Waals surface area contributed by atoms with Crippen molar-refractivity contribution in [3.05, 3.63) is 162 Å². The van der Waals surface area contributed by atoms with Crippen LogP contribution >= 0.6 is 0 Å². The van der Waals surface area contributed by atoms with Crippen LogP contribution in [0.15, 0.2) is 140 Å². The fourth-order valence-corrected chi connectivity index (χ4v) is 13.7. The molecule has 6 aromatic carbocycles. The molecule has 0 amide bonds. The molecule has 4 fully saturated rings. The molecule has 6 aliphatic rings. The van der Waals surface area contributed by atoms with E-state index in [1.54, 1.807) is 0 Å². The van der Waals surface area contributed by atoms with Crippen molar-refractivity contribution in [1.29, 1.82) is 0 Å². The largest absolute Gasteiger partial charge is 0.457 e. The molecule has 5 aliphatic carbocycles. The molecule has 12 rings (SSSR count). The molecule has 6 unspecified atom stereocenters. The predicted octanol–water partition coefficient (Wildman–Crippen LogP) is 14.3. The Morgan fingerprint density at radius 2 is 1.05 bits per heavy atom. The third-order valence-electron chi connectivity index (χ3n) is 16.3. The average molecular weight is 730 g/mol. The molecule has 56 heavy (non-hydrogen) atoms. The Morgan fingerprint density at radius 1 is 0.482 bits per heavy atom. The third kappa shape index (κ3) is 4.28. The number of hydrogen-bond acceptors (Lipinski definition) is 2. The lowest BCUT2D eigenvalue weighted by Crippen LogP contribution is -2.74. The van der Waals surface area contributed by atoms with Gasteiger partial charge >= 0.3 is 0 Å². The lowest BCUT2D eigenvalue weighted by molar-refractivity contribution is -0.235. The Labute approximate surface area is 332 Å². The highest BCUT2D eigenvalue weighted by atomic mass is 16.5. The maximum absolute atomic E-state index is 6.85. The van der Waals surface area contributed by atoms with Crippen LogP contribution in [0.1, 0.15) is 88.5 Å². The van der Waals surface area contributed by atoms with Crippen molar-refractivity contribution < 1.29 is 4.74 Å². The Kier molecular flexibility index (Phi) is 6.67. The number of anilines is 3. The van der Waals surface area contributed by atoms with Gasteiger partial charge in [-0.05, 0) is 160 Å². The molecular formula is C54H51NO. The molecular weight excluding hydrogens is 679 g/mol. The number of nitrogens with zero attached hydrogens (tertiary/aromatic N) is 1. The first-order chi connectivity index (χ1) is 27.2. The van der Waals surface area contributed by atoms with Crippen LogP contribution in [0.4, 0.5) is 17.1 Å². The van der Waals surface area contributed by atoms with E-state index in [9.17, 15) is 0 Å². The SMILES string of the molecule is CC1(C)CCC(C)(C)c2cc(N(c3ccc(-c4ccccc4)cc3)c3ccc(-c4ccc5c(c4)Oc4ccccc4C54C5CC6CC7CC4C75C6)cc3)ccc21. The van der Waals surface area contributed by atoms with Crippen LogP contribution in [-0.2, 0) is 16.2 Å². The van der Waals surface area contributed by atoms with Gasteiger partial charge in [-0.2, -0.15) is 0 Å². The van der Waals surface area contributed by atoms with Crippen molar-refractivity contribution in [3.8, 4) is 33.8 Å². The van der Waals surface area contributed by atoms with E-state index in [2.05, 4.69) is 172 Å². The summed E-state index contributed by atoms with van der Waals surface area (Å²) in [5, 5.41) is 0. The Hall–Kier alpha value is -5.08. The van der Waals surface area contributed by atoms with Gasteiger partial charge < -0.3 is 9.64 Å². The normalized spacial score (nSPS) is 28.9. The van der Waals surface area contributed by atoms with Crippen molar-refractivity contribution in [2.24, 2.45) is 29.1 Å². The second-order valence-corrected chi connectivity index (χ2v) is 19.7. The highest BCUT2D eigenvalue weighted by Crippen LogP contribution is 2.89. The van der Waals surface area contributed by atoms with Gasteiger partial charge in [-0.1, -0.05) is 119 Å². The van der Waals surface area contributed by atoms with E-state index in [-0.39, 0.29) is 16.2 Å². The monoisotopic (exact) mass is 729 g/mol. The van der Waals surface area contributed by atoms with Gasteiger partial charge in [-0.15, -0.1) is 0 Å². The zero-order chi connectivity index (χ0) is 37.6. The van der Waals surface area contributed by atoms with Crippen LogP contribution in [0.3, 0.4) is 0 Å². The molecule has 0 aromatic heterocycles. The van der Waals surface area contributed by atoms with Gasteiger partial charge in [0.05, 0.1) is 0 Å². The maximum atomic E-state index is 6.85. The number of rotatable bonds is 5. The molecule has 1 heterocycles. The Bertz CT molecular complexity index is 2550. The highest BCUT2D eigenvalue weighted by molar-refractivity contribution is 5.81. The standard InChI is InChI=1S/C54H51NO/c1-51(2)26-27-52(3,4)46-32-42(23-25-43(46)51)55(40-19-14-36(15-20-40)35-10-6-5-7-11-35)41-21-16-37(17-22-41)38-18-24-45-48(30-38)56-47-13-9-8-12-44(47)54(45)49-29-34-28-39-31-50(54)53(39,49)33-34/h5-25,30,32,34,39,49-50H,26-29,31,33H2,1-4H3. The minimum absolute atomic E-state index is 0.119. The van der Waals surface area contributed by atoms with Crippen LogP contribution in [0.2, 0.25) is 0 Å². The van der Waals surface area contributed by atoms with Crippen LogP contribution in [-0.4, -0.2) is 0 Å². The van der Waals surface area contributed by atoms with Crippen molar-refractivity contribution in [3.63, 3.8) is 0 Å². The smallest absolute Gasteiger partial charge is 0.132 e. The fourth-order valence-electron chi connectivity index (χ4n) is 13.7. The summed E-state index contributed by atoms with van der Waals surface area (Å²) in [6, 6.07) is 52.5. The first-order valence-electron chi connectivity index (χ1n) is 21.3. The summed E-state index contributed by atoms with van der Waals surface area (Å²) >= 11 is 0. The van der Waals surface area contributed by atoms with Crippen molar-refractivity contribution in [2.45, 2.75) is 82.5 Å². The van der Waals surface area contributed by atoms with Crippen molar-refractivity contribution >= 4 is 17.1 Å². The number of ether oxygens (including phenoxy) is 1. The molecule has 2 spiro atoms. The number of benzene rings is 6. The van der Waals surface area contributed by atoms with Crippen molar-refractivity contribution in [1.82, 2.24) is 0 Å². The number of para-hydroxylation sites is 1. The van der Waals surface area contributed by atoms with Crippen LogP contribution in [0, 0.1) is 29.1 Å². The predicted molar refractivity (Wildman–Crippen MR) is 229 cm³/mol. The number of hydrogen-bond donors (Lipinski definition) is 0. The minimum atomic E-state index is 0.119. The molecule has 0 radical (unpaired) electrons. The highest BCUT2D eigenvalue weighted by Gasteiger charge is 2.84. The molecule has 4 saturated carbocycles. The molecule has 2 heteroatoms. The van der Waals surface area contributed by atoms with Gasteiger partial charge in [0.2, 0.25) is 0 Å². The second kappa shape index (κ2) is 11.3. The van der Waals surface area contributed by atoms with Crippen LogP contribution in [0.25, 0.3) is 22.3 Å². The van der Waals surface area contributed by atoms with Gasteiger partial charge in [0.25, 0.3) is 0 Å². The van der Waals surface area contributed by atoms with Crippen molar-refractivity contribution in [2.75, 3.05) is 4.90 Å². The lowest BCUT2D eigenvalue weighted by atomic mass is 9.26. The summed E-state index contributed by atoms with van der Waals surface area (Å²) in [7, 11) is 0. The third-order valence-corrected chi connectivity index (χ3v) is 16.3. The summed E-state index contributed by atoms with van der Waals surface area (Å²) < 4.78 is 6.85. The fraction of sp³-hybridized carbons (Fsp3) is 0.333. The maximum Gasteiger partial charge on any atom is 0.132 e. The summed E-state index contributed by atoms with van der Waals surface area (Å²) in [6.07, 6.45) is 8.17. The molecule has 2 bridgehead atoms. The zero-order valence-electron chi connectivity index (χ0n) is 33.2. The Balaban J connectivity index is 0.928. The van der Waals surface area contributed by atoms with E-state index < -0.39 is 0 Å². The summed E-state index contributed by atoms with van der Waals surface area (Å²) in [4.78, 5) is 2.45. The average Bonchev–Trinajstić information content (AvgIpc) is 3.76. The molecule has 1 aliphatic heterocycles. The molecule has 6 aromatic rings. The molecule has 278 valence electrons. The van der Waals surface area contributed by atoms with Crippen LogP contribution in [0.5, 0.6) is 11.5 Å². The molecule has 0 N–H and O–H groups in total. The van der Waals surface area contributed by atoms with Gasteiger partial charge in [0.15, 0.2) is 0 Å². The minimum Gasteiger partial charge on any atom is -0.457 e. The summed E-state index contributed by atoms with van der Waals surface area (Å²) in [6.45, 7) is 9.66. The van der Waals surface area contributed by atoms with E-state index in [1.807, 2.05) is 0 Å². The first-order valence-corrected chi connectivity index (χ1v) is 21.3. The van der Waals surface area contributed by atoms with Gasteiger partial charge in [-0.3, -0.25) is 0 Å². The second-order valence-electron chi connectivity index (χ2n) is 19.7. The van der Waals surface area contributed by atoms with E-state index >= 15 is 0 Å². The molecule has 0 saturated heterocycles. The zero-order valence-corrected chi connectivity index (χ0v) is 33.2. The van der Waals surface area contributed by atoms with Gasteiger partial charge in [0, 0.05) is 33.6 Å². The lowest BCUT2D eigenvalue weighted by Gasteiger charge is -2.77. The first kappa shape index (κ1) is 33.1. The van der Waals surface area contributed by atoms with Gasteiger partial charge in [0.1, 0.15) is 11.5 Å².